The summed E-state index contributed by atoms with van der Waals surface area (Å²) in [6.45, 7) is 3.66. The molecule has 0 spiro atoms. The number of hydrogen-bond donors (Lipinski definition) is 0. The van der Waals surface area contributed by atoms with E-state index >= 15 is 0 Å². The molecule has 0 amide bonds. The van der Waals surface area contributed by atoms with Crippen molar-refractivity contribution in [1.29, 1.82) is 0 Å². The van der Waals surface area contributed by atoms with Crippen molar-refractivity contribution < 1.29 is 13.2 Å². The van der Waals surface area contributed by atoms with E-state index < -0.39 is 16.4 Å². The first-order chi connectivity index (χ1) is 9.55. The Balaban J connectivity index is 2.22. The van der Waals surface area contributed by atoms with Crippen LogP contribution in [0.25, 0.3) is 0 Å². The smallest absolute Gasteiger partial charge is 0.211 e. The van der Waals surface area contributed by atoms with Crippen LogP contribution in [0.5, 0.6) is 0 Å². The maximum absolute atomic E-state index is 12.8. The number of aliphatic imine (C=N–C) groups is 1. The van der Waals surface area contributed by atoms with E-state index in [2.05, 4.69) is 11.9 Å². The van der Waals surface area contributed by atoms with E-state index in [0.717, 1.165) is 32.1 Å². The van der Waals surface area contributed by atoms with Crippen molar-refractivity contribution >= 4 is 16.3 Å². The van der Waals surface area contributed by atoms with Crippen molar-refractivity contribution in [3.63, 3.8) is 0 Å². The highest BCUT2D eigenvalue weighted by Gasteiger charge is 2.37. The van der Waals surface area contributed by atoms with E-state index in [1.807, 2.05) is 0 Å². The van der Waals surface area contributed by atoms with Crippen LogP contribution in [-0.4, -0.2) is 48.9 Å². The normalized spacial score (nSPS) is 30.4. The lowest BCUT2D eigenvalue weighted by Crippen LogP contribution is -2.50. The van der Waals surface area contributed by atoms with Gasteiger partial charge in [0.25, 0.3) is 10.2 Å². The van der Waals surface area contributed by atoms with E-state index in [9.17, 15) is 13.2 Å². The second-order valence-electron chi connectivity index (χ2n) is 5.77. The lowest BCUT2D eigenvalue weighted by atomic mass is 10.0. The molecule has 0 aromatic rings. The van der Waals surface area contributed by atoms with Crippen molar-refractivity contribution in [3.05, 3.63) is 0 Å². The monoisotopic (exact) mass is 301 g/mol. The highest BCUT2D eigenvalue weighted by Crippen LogP contribution is 2.26. The summed E-state index contributed by atoms with van der Waals surface area (Å²) in [7, 11) is -3.52. The third kappa shape index (κ3) is 3.47. The van der Waals surface area contributed by atoms with Gasteiger partial charge in [-0.2, -0.15) is 22.0 Å². The molecule has 2 aliphatic rings. The van der Waals surface area contributed by atoms with Gasteiger partial charge in [0.1, 0.15) is 6.17 Å². The Bertz CT molecular complexity index is 473. The van der Waals surface area contributed by atoms with E-state index in [-0.39, 0.29) is 0 Å². The maximum atomic E-state index is 12.8. The number of isocyanates is 1. The van der Waals surface area contributed by atoms with Gasteiger partial charge in [-0.25, -0.2) is 4.79 Å². The standard InChI is InChI=1S/C13H23N3O3S/c1-12-6-5-8-15(10-12)20(18,19)16-9-4-2-3-7-13(16)14-11-17/h12-13H,2-10H2,1H3. The first-order valence-electron chi connectivity index (χ1n) is 7.39. The average Bonchev–Trinajstić information content (AvgIpc) is 2.65. The molecule has 20 heavy (non-hydrogen) atoms. The summed E-state index contributed by atoms with van der Waals surface area (Å²) >= 11 is 0. The van der Waals surface area contributed by atoms with Gasteiger partial charge in [-0.1, -0.05) is 13.3 Å². The fourth-order valence-corrected chi connectivity index (χ4v) is 4.95. The molecule has 0 aromatic heterocycles. The molecule has 0 radical (unpaired) electrons. The van der Waals surface area contributed by atoms with Crippen LogP contribution in [-0.2, 0) is 15.0 Å². The number of rotatable bonds is 3. The van der Waals surface area contributed by atoms with Crippen LogP contribution in [0.3, 0.4) is 0 Å². The quantitative estimate of drug-likeness (QED) is 0.586. The molecule has 2 rings (SSSR count). The topological polar surface area (TPSA) is 70.1 Å². The van der Waals surface area contributed by atoms with Crippen LogP contribution in [0, 0.1) is 5.92 Å². The molecule has 2 atom stereocenters. The third-order valence-electron chi connectivity index (χ3n) is 4.12. The summed E-state index contributed by atoms with van der Waals surface area (Å²) in [6, 6.07) is 0. The lowest BCUT2D eigenvalue weighted by molar-refractivity contribution is 0.241. The highest BCUT2D eigenvalue weighted by atomic mass is 32.2. The Kier molecular flexibility index (Phi) is 5.32. The molecule has 0 aliphatic carbocycles. The van der Waals surface area contributed by atoms with Crippen molar-refractivity contribution in [1.82, 2.24) is 8.61 Å². The van der Waals surface area contributed by atoms with Gasteiger partial charge in [0.2, 0.25) is 6.08 Å². The predicted molar refractivity (Wildman–Crippen MR) is 76.0 cm³/mol. The van der Waals surface area contributed by atoms with Crippen molar-refractivity contribution in [2.75, 3.05) is 19.6 Å². The summed E-state index contributed by atoms with van der Waals surface area (Å²) < 4.78 is 28.5. The zero-order chi connectivity index (χ0) is 14.6. The molecule has 114 valence electrons. The minimum absolute atomic E-state index is 0.388. The summed E-state index contributed by atoms with van der Waals surface area (Å²) in [5, 5.41) is 0. The van der Waals surface area contributed by atoms with Crippen LogP contribution in [0.4, 0.5) is 0 Å². The second kappa shape index (κ2) is 6.80. The Morgan fingerprint density at radius 2 is 1.90 bits per heavy atom. The fraction of sp³-hybridized carbons (Fsp3) is 0.923. The molecule has 2 unspecified atom stereocenters. The first-order valence-corrected chi connectivity index (χ1v) is 8.79. The third-order valence-corrected chi connectivity index (χ3v) is 6.12. The molecular formula is C13H23N3O3S. The first kappa shape index (κ1) is 15.6. The van der Waals surface area contributed by atoms with E-state index in [1.54, 1.807) is 4.31 Å². The Hall–Kier alpha value is -0.750. The number of nitrogens with zero attached hydrogens (tertiary/aromatic N) is 3. The molecule has 2 saturated heterocycles. The molecule has 6 nitrogen and oxygen atoms in total. The zero-order valence-electron chi connectivity index (χ0n) is 12.0. The zero-order valence-corrected chi connectivity index (χ0v) is 12.8. The van der Waals surface area contributed by atoms with Crippen molar-refractivity contribution in [2.45, 2.75) is 51.6 Å². The second-order valence-corrected chi connectivity index (χ2v) is 7.66. The van der Waals surface area contributed by atoms with Crippen molar-refractivity contribution in [3.8, 4) is 0 Å². The largest absolute Gasteiger partial charge is 0.283 e. The molecule has 0 bridgehead atoms. The van der Waals surface area contributed by atoms with Crippen molar-refractivity contribution in [2.24, 2.45) is 10.9 Å². The number of piperidine rings is 1. The fourth-order valence-electron chi connectivity index (χ4n) is 3.03. The van der Waals surface area contributed by atoms with Crippen LogP contribution in [0.2, 0.25) is 0 Å². The Labute approximate surface area is 121 Å². The average molecular weight is 301 g/mol. The van der Waals surface area contributed by atoms with Gasteiger partial charge in [-0.15, -0.1) is 0 Å². The minimum atomic E-state index is -3.52. The lowest BCUT2D eigenvalue weighted by Gasteiger charge is -2.35. The maximum Gasteiger partial charge on any atom is 0.283 e. The van der Waals surface area contributed by atoms with Gasteiger partial charge in [0, 0.05) is 19.6 Å². The van der Waals surface area contributed by atoms with Gasteiger partial charge < -0.3 is 0 Å². The molecule has 2 heterocycles. The van der Waals surface area contributed by atoms with Crippen LogP contribution in [0.15, 0.2) is 4.99 Å². The SMILES string of the molecule is CC1CCCN(S(=O)(=O)N2CCCCCC2N=C=O)C1. The van der Waals surface area contributed by atoms with Gasteiger partial charge in [-0.3, -0.25) is 0 Å². The predicted octanol–water partition coefficient (Wildman–Crippen LogP) is 1.50. The van der Waals surface area contributed by atoms with Gasteiger partial charge in [-0.05, 0) is 38.0 Å². The summed E-state index contributed by atoms with van der Waals surface area (Å²) in [5.41, 5.74) is 0. The molecule has 0 N–H and O–H groups in total. The van der Waals surface area contributed by atoms with Gasteiger partial charge >= 0.3 is 0 Å². The van der Waals surface area contributed by atoms with Crippen LogP contribution >= 0.6 is 0 Å². The van der Waals surface area contributed by atoms with E-state index in [0.29, 0.717) is 32.0 Å². The molecule has 7 heteroatoms. The summed E-state index contributed by atoms with van der Waals surface area (Å²) in [4.78, 5) is 14.3. The molecule has 0 saturated carbocycles. The molecule has 0 aromatic carbocycles. The van der Waals surface area contributed by atoms with Gasteiger partial charge in [0.05, 0.1) is 0 Å². The molecular weight excluding hydrogens is 278 g/mol. The van der Waals surface area contributed by atoms with Gasteiger partial charge in [0.15, 0.2) is 0 Å². The summed E-state index contributed by atoms with van der Waals surface area (Å²) in [6.07, 6.45) is 6.24. The van der Waals surface area contributed by atoms with Crippen LogP contribution < -0.4 is 0 Å². The number of hydrogen-bond acceptors (Lipinski definition) is 4. The molecule has 2 aliphatic heterocycles. The Morgan fingerprint density at radius 3 is 2.60 bits per heavy atom. The highest BCUT2D eigenvalue weighted by molar-refractivity contribution is 7.86. The van der Waals surface area contributed by atoms with E-state index in [1.165, 1.54) is 10.4 Å². The van der Waals surface area contributed by atoms with E-state index in [4.69, 9.17) is 0 Å². The molecule has 2 fully saturated rings. The Morgan fingerprint density at radius 1 is 1.10 bits per heavy atom. The minimum Gasteiger partial charge on any atom is -0.211 e. The number of carbonyl (C=O) groups excluding carboxylic acids is 1. The summed E-state index contributed by atoms with van der Waals surface area (Å²) in [5.74, 6) is 0.388. The van der Waals surface area contributed by atoms with Crippen LogP contribution in [0.1, 0.15) is 45.4 Å².